The highest BCUT2D eigenvalue weighted by Gasteiger charge is 2.32. The standard InChI is InChI=1S/C14H8F4O2/c15-11-7-9(6-10(8-11)14(16,17)18)13(19)20-12-4-2-1-3-5-12/h1-8H. The molecule has 0 aliphatic heterocycles. The molecular formula is C14H8F4O2. The van der Waals surface area contributed by atoms with Gasteiger partial charge in [0.1, 0.15) is 11.6 Å². The lowest BCUT2D eigenvalue weighted by atomic mass is 10.1. The quantitative estimate of drug-likeness (QED) is 0.472. The van der Waals surface area contributed by atoms with Gasteiger partial charge in [0.05, 0.1) is 11.1 Å². The SMILES string of the molecule is O=C(Oc1ccccc1)c1cc(F)cc(C(F)(F)F)c1. The molecular weight excluding hydrogens is 276 g/mol. The number of para-hydroxylation sites is 1. The Hall–Kier alpha value is -2.37. The van der Waals surface area contributed by atoms with Crippen molar-refractivity contribution in [2.75, 3.05) is 0 Å². The first-order chi connectivity index (χ1) is 9.36. The van der Waals surface area contributed by atoms with E-state index < -0.39 is 29.1 Å². The molecule has 0 unspecified atom stereocenters. The molecule has 0 heterocycles. The minimum Gasteiger partial charge on any atom is -0.423 e. The number of hydrogen-bond acceptors (Lipinski definition) is 2. The Morgan fingerprint density at radius 3 is 2.25 bits per heavy atom. The lowest BCUT2D eigenvalue weighted by Gasteiger charge is -2.09. The molecule has 0 spiro atoms. The van der Waals surface area contributed by atoms with Gasteiger partial charge < -0.3 is 4.74 Å². The van der Waals surface area contributed by atoms with Crippen LogP contribution in [0.25, 0.3) is 0 Å². The van der Waals surface area contributed by atoms with Crippen LogP contribution in [-0.4, -0.2) is 5.97 Å². The van der Waals surface area contributed by atoms with Gasteiger partial charge in [0.25, 0.3) is 0 Å². The van der Waals surface area contributed by atoms with E-state index in [0.717, 1.165) is 0 Å². The summed E-state index contributed by atoms with van der Waals surface area (Å²) in [6, 6.07) is 9.35. The maximum absolute atomic E-state index is 13.1. The Morgan fingerprint density at radius 2 is 1.65 bits per heavy atom. The highest BCUT2D eigenvalue weighted by Crippen LogP contribution is 2.30. The molecule has 104 valence electrons. The van der Waals surface area contributed by atoms with E-state index in [2.05, 4.69) is 0 Å². The van der Waals surface area contributed by atoms with Gasteiger partial charge in [-0.1, -0.05) is 18.2 Å². The van der Waals surface area contributed by atoms with Crippen molar-refractivity contribution in [1.82, 2.24) is 0 Å². The van der Waals surface area contributed by atoms with Gasteiger partial charge in [0, 0.05) is 0 Å². The summed E-state index contributed by atoms with van der Waals surface area (Å²) in [4.78, 5) is 11.7. The Kier molecular flexibility index (Phi) is 3.74. The third-order valence-corrected chi connectivity index (χ3v) is 2.41. The fourth-order valence-electron chi connectivity index (χ4n) is 1.53. The van der Waals surface area contributed by atoms with Gasteiger partial charge in [-0.25, -0.2) is 9.18 Å². The summed E-state index contributed by atoms with van der Waals surface area (Å²) in [5.41, 5.74) is -1.74. The van der Waals surface area contributed by atoms with Crippen molar-refractivity contribution in [2.45, 2.75) is 6.18 Å². The summed E-state index contributed by atoms with van der Waals surface area (Å²) in [7, 11) is 0. The molecule has 0 atom stereocenters. The lowest BCUT2D eigenvalue weighted by molar-refractivity contribution is -0.137. The Labute approximate surface area is 111 Å². The van der Waals surface area contributed by atoms with Crippen molar-refractivity contribution in [1.29, 1.82) is 0 Å². The fraction of sp³-hybridized carbons (Fsp3) is 0.0714. The minimum atomic E-state index is -4.73. The fourth-order valence-corrected chi connectivity index (χ4v) is 1.53. The molecule has 0 radical (unpaired) electrons. The molecule has 2 aromatic carbocycles. The van der Waals surface area contributed by atoms with E-state index in [1.807, 2.05) is 0 Å². The molecule has 0 bridgehead atoms. The number of alkyl halides is 3. The van der Waals surface area contributed by atoms with Crippen LogP contribution >= 0.6 is 0 Å². The third kappa shape index (κ3) is 3.34. The van der Waals surface area contributed by atoms with Gasteiger partial charge in [-0.15, -0.1) is 0 Å². The van der Waals surface area contributed by atoms with E-state index in [9.17, 15) is 22.4 Å². The predicted octanol–water partition coefficient (Wildman–Crippen LogP) is 4.06. The van der Waals surface area contributed by atoms with Gasteiger partial charge >= 0.3 is 12.1 Å². The first kappa shape index (κ1) is 14.0. The topological polar surface area (TPSA) is 26.3 Å². The van der Waals surface area contributed by atoms with E-state index in [1.54, 1.807) is 18.2 Å². The van der Waals surface area contributed by atoms with Gasteiger partial charge in [-0.3, -0.25) is 0 Å². The Morgan fingerprint density at radius 1 is 1.00 bits per heavy atom. The summed E-state index contributed by atoms with van der Waals surface area (Å²) >= 11 is 0. The Balaban J connectivity index is 2.29. The summed E-state index contributed by atoms with van der Waals surface area (Å²) in [6.07, 6.45) is -4.73. The van der Waals surface area contributed by atoms with Crippen molar-refractivity contribution in [3.63, 3.8) is 0 Å². The van der Waals surface area contributed by atoms with E-state index >= 15 is 0 Å². The van der Waals surface area contributed by atoms with Crippen LogP contribution in [0.4, 0.5) is 17.6 Å². The smallest absolute Gasteiger partial charge is 0.416 e. The monoisotopic (exact) mass is 284 g/mol. The summed E-state index contributed by atoms with van der Waals surface area (Å²) in [6.45, 7) is 0. The van der Waals surface area contributed by atoms with Gasteiger partial charge in [-0.05, 0) is 30.3 Å². The Bertz CT molecular complexity index is 621. The number of esters is 1. The van der Waals surface area contributed by atoms with Gasteiger partial charge in [-0.2, -0.15) is 13.2 Å². The van der Waals surface area contributed by atoms with E-state index in [4.69, 9.17) is 4.74 Å². The normalized spacial score (nSPS) is 11.2. The maximum atomic E-state index is 13.1. The summed E-state index contributed by atoms with van der Waals surface area (Å²) in [5, 5.41) is 0. The minimum absolute atomic E-state index is 0.162. The van der Waals surface area contributed by atoms with Crippen molar-refractivity contribution in [2.24, 2.45) is 0 Å². The molecule has 2 rings (SSSR count). The van der Waals surface area contributed by atoms with Crippen LogP contribution in [0, 0.1) is 5.82 Å². The van der Waals surface area contributed by atoms with Crippen LogP contribution in [0.2, 0.25) is 0 Å². The van der Waals surface area contributed by atoms with E-state index in [0.29, 0.717) is 18.2 Å². The number of benzene rings is 2. The van der Waals surface area contributed by atoms with E-state index in [1.165, 1.54) is 12.1 Å². The third-order valence-electron chi connectivity index (χ3n) is 2.41. The first-order valence-electron chi connectivity index (χ1n) is 5.51. The number of rotatable bonds is 2. The zero-order valence-corrected chi connectivity index (χ0v) is 9.95. The molecule has 0 saturated carbocycles. The second kappa shape index (κ2) is 5.32. The van der Waals surface area contributed by atoms with Crippen LogP contribution in [0.5, 0.6) is 5.75 Å². The number of carbonyl (C=O) groups excluding carboxylic acids is 1. The second-order valence-corrected chi connectivity index (χ2v) is 3.93. The number of ether oxygens (including phenoxy) is 1. The highest BCUT2D eigenvalue weighted by molar-refractivity contribution is 5.91. The predicted molar refractivity (Wildman–Crippen MR) is 62.8 cm³/mol. The molecule has 6 heteroatoms. The van der Waals surface area contributed by atoms with Crippen molar-refractivity contribution >= 4 is 5.97 Å². The highest BCUT2D eigenvalue weighted by atomic mass is 19.4. The average molecular weight is 284 g/mol. The van der Waals surface area contributed by atoms with Crippen LogP contribution < -0.4 is 4.74 Å². The average Bonchev–Trinajstić information content (AvgIpc) is 2.38. The number of carbonyl (C=O) groups is 1. The van der Waals surface area contributed by atoms with Crippen LogP contribution in [0.1, 0.15) is 15.9 Å². The molecule has 0 fully saturated rings. The molecule has 0 amide bonds. The molecule has 20 heavy (non-hydrogen) atoms. The van der Waals surface area contributed by atoms with Crippen LogP contribution in [0.3, 0.4) is 0 Å². The van der Waals surface area contributed by atoms with Crippen molar-refractivity contribution in [3.05, 3.63) is 65.5 Å². The zero-order chi connectivity index (χ0) is 14.8. The second-order valence-electron chi connectivity index (χ2n) is 3.93. The van der Waals surface area contributed by atoms with Crippen molar-refractivity contribution < 1.29 is 27.1 Å². The molecule has 0 aliphatic rings. The van der Waals surface area contributed by atoms with E-state index in [-0.39, 0.29) is 5.75 Å². The molecule has 2 aromatic rings. The van der Waals surface area contributed by atoms with Gasteiger partial charge in [0.15, 0.2) is 0 Å². The maximum Gasteiger partial charge on any atom is 0.416 e. The summed E-state index contributed by atoms with van der Waals surface area (Å²) < 4.78 is 55.6. The van der Waals surface area contributed by atoms with Crippen LogP contribution in [-0.2, 0) is 6.18 Å². The number of hydrogen-bond donors (Lipinski definition) is 0. The lowest BCUT2D eigenvalue weighted by Crippen LogP contribution is -2.12. The largest absolute Gasteiger partial charge is 0.423 e. The molecule has 2 nitrogen and oxygen atoms in total. The van der Waals surface area contributed by atoms with Gasteiger partial charge in [0.2, 0.25) is 0 Å². The molecule has 0 N–H and O–H groups in total. The molecule has 0 aromatic heterocycles. The summed E-state index contributed by atoms with van der Waals surface area (Å²) in [5.74, 6) is -2.05. The first-order valence-corrected chi connectivity index (χ1v) is 5.51. The zero-order valence-electron chi connectivity index (χ0n) is 9.95. The van der Waals surface area contributed by atoms with Crippen LogP contribution in [0.15, 0.2) is 48.5 Å². The molecule has 0 saturated heterocycles. The number of halogens is 4. The molecule has 0 aliphatic carbocycles. The van der Waals surface area contributed by atoms with Crippen molar-refractivity contribution in [3.8, 4) is 5.75 Å².